The highest BCUT2D eigenvalue weighted by Crippen LogP contribution is 2.20. The van der Waals surface area contributed by atoms with Crippen LogP contribution in [0.1, 0.15) is 42.1 Å². The summed E-state index contributed by atoms with van der Waals surface area (Å²) in [7, 11) is 0. The summed E-state index contributed by atoms with van der Waals surface area (Å²) in [6.07, 6.45) is 3.28. The molecule has 0 spiro atoms. The van der Waals surface area contributed by atoms with Crippen LogP contribution in [-0.4, -0.2) is 46.8 Å². The molecule has 2 aliphatic rings. The molecule has 1 aromatic carbocycles. The normalized spacial score (nSPS) is 21.5. The van der Waals surface area contributed by atoms with Gasteiger partial charge in [0.05, 0.1) is 13.1 Å². The summed E-state index contributed by atoms with van der Waals surface area (Å²) in [6, 6.07) is 7.08. The molecule has 23 heavy (non-hydrogen) atoms. The number of hydrogen-bond acceptors (Lipinski definition) is 3. The first kappa shape index (κ1) is 15.5. The Morgan fingerprint density at radius 1 is 1.22 bits per heavy atom. The standard InChI is InChI=1S/C17H21N3O3/c1-12-4-2-3-9-19(12)16(22)14-7-5-13(6-8-14)11-20-15(21)10-18-17(20)23/h5-8,12H,2-4,9-11H2,1H3,(H,18,23). The second-order valence-corrected chi connectivity index (χ2v) is 6.18. The number of likely N-dealkylation sites (tertiary alicyclic amines) is 1. The maximum Gasteiger partial charge on any atom is 0.324 e. The fourth-order valence-electron chi connectivity index (χ4n) is 3.12. The van der Waals surface area contributed by atoms with Crippen LogP contribution in [0.5, 0.6) is 0 Å². The highest BCUT2D eigenvalue weighted by atomic mass is 16.2. The Morgan fingerprint density at radius 3 is 2.57 bits per heavy atom. The topological polar surface area (TPSA) is 69.7 Å². The van der Waals surface area contributed by atoms with E-state index in [1.807, 2.05) is 4.90 Å². The monoisotopic (exact) mass is 315 g/mol. The first-order chi connectivity index (χ1) is 11.1. The molecule has 6 heteroatoms. The number of piperidine rings is 1. The van der Waals surface area contributed by atoms with Gasteiger partial charge in [0.15, 0.2) is 0 Å². The molecule has 1 atom stereocenters. The summed E-state index contributed by atoms with van der Waals surface area (Å²) in [4.78, 5) is 38.8. The van der Waals surface area contributed by atoms with E-state index < -0.39 is 0 Å². The highest BCUT2D eigenvalue weighted by molar-refractivity contribution is 6.01. The van der Waals surface area contributed by atoms with E-state index in [1.54, 1.807) is 24.3 Å². The quantitative estimate of drug-likeness (QED) is 0.864. The molecule has 0 radical (unpaired) electrons. The molecule has 2 fully saturated rings. The van der Waals surface area contributed by atoms with E-state index in [-0.39, 0.29) is 37.0 Å². The smallest absolute Gasteiger partial charge is 0.324 e. The fourth-order valence-corrected chi connectivity index (χ4v) is 3.12. The third-order valence-corrected chi connectivity index (χ3v) is 4.54. The van der Waals surface area contributed by atoms with Gasteiger partial charge in [-0.3, -0.25) is 14.5 Å². The zero-order valence-electron chi connectivity index (χ0n) is 13.2. The molecular weight excluding hydrogens is 294 g/mol. The lowest BCUT2D eigenvalue weighted by Crippen LogP contribution is -2.42. The average Bonchev–Trinajstić information content (AvgIpc) is 2.87. The first-order valence-electron chi connectivity index (χ1n) is 8.04. The van der Waals surface area contributed by atoms with E-state index in [4.69, 9.17) is 0 Å². The number of carbonyl (C=O) groups excluding carboxylic acids is 3. The molecule has 4 amide bonds. The van der Waals surface area contributed by atoms with E-state index in [1.165, 1.54) is 11.3 Å². The van der Waals surface area contributed by atoms with Crippen molar-refractivity contribution in [2.45, 2.75) is 38.8 Å². The van der Waals surface area contributed by atoms with Crippen LogP contribution in [-0.2, 0) is 11.3 Å². The highest BCUT2D eigenvalue weighted by Gasteiger charge is 2.28. The van der Waals surface area contributed by atoms with Gasteiger partial charge in [0.25, 0.3) is 5.91 Å². The molecule has 122 valence electrons. The second kappa shape index (κ2) is 6.40. The second-order valence-electron chi connectivity index (χ2n) is 6.18. The van der Waals surface area contributed by atoms with Gasteiger partial charge in [-0.25, -0.2) is 4.79 Å². The fraction of sp³-hybridized carbons (Fsp3) is 0.471. The van der Waals surface area contributed by atoms with Gasteiger partial charge in [-0.15, -0.1) is 0 Å². The molecule has 1 aromatic rings. The van der Waals surface area contributed by atoms with Gasteiger partial charge in [0.2, 0.25) is 5.91 Å². The Bertz CT molecular complexity index is 610. The van der Waals surface area contributed by atoms with E-state index in [0.717, 1.165) is 24.9 Å². The molecule has 6 nitrogen and oxygen atoms in total. The molecule has 1 unspecified atom stereocenters. The van der Waals surface area contributed by atoms with Gasteiger partial charge in [-0.1, -0.05) is 12.1 Å². The number of hydrogen-bond donors (Lipinski definition) is 1. The molecule has 3 rings (SSSR count). The third-order valence-electron chi connectivity index (χ3n) is 4.54. The van der Waals surface area contributed by atoms with Crippen LogP contribution in [0.25, 0.3) is 0 Å². The van der Waals surface area contributed by atoms with Crippen molar-refractivity contribution in [2.24, 2.45) is 0 Å². The van der Waals surface area contributed by atoms with Crippen LogP contribution in [0, 0.1) is 0 Å². The molecule has 2 aliphatic heterocycles. The van der Waals surface area contributed by atoms with Crippen molar-refractivity contribution in [3.8, 4) is 0 Å². The van der Waals surface area contributed by atoms with Crippen LogP contribution in [0.15, 0.2) is 24.3 Å². The van der Waals surface area contributed by atoms with Crippen molar-refractivity contribution < 1.29 is 14.4 Å². The third kappa shape index (κ3) is 3.21. The molecule has 0 bridgehead atoms. The lowest BCUT2D eigenvalue weighted by atomic mass is 10.0. The van der Waals surface area contributed by atoms with Crippen molar-refractivity contribution >= 4 is 17.8 Å². The number of amides is 4. The molecule has 2 saturated heterocycles. The number of nitrogens with zero attached hydrogens (tertiary/aromatic N) is 2. The van der Waals surface area contributed by atoms with Gasteiger partial charge in [0, 0.05) is 18.2 Å². The number of rotatable bonds is 3. The van der Waals surface area contributed by atoms with E-state index in [2.05, 4.69) is 12.2 Å². The number of carbonyl (C=O) groups is 3. The van der Waals surface area contributed by atoms with Crippen LogP contribution in [0.4, 0.5) is 4.79 Å². The number of imide groups is 1. The minimum absolute atomic E-state index is 0.0544. The molecular formula is C17H21N3O3. The summed E-state index contributed by atoms with van der Waals surface area (Å²) >= 11 is 0. The molecule has 2 heterocycles. The van der Waals surface area contributed by atoms with Crippen LogP contribution < -0.4 is 5.32 Å². The predicted octanol–water partition coefficient (Wildman–Crippen LogP) is 1.75. The van der Waals surface area contributed by atoms with Gasteiger partial charge < -0.3 is 10.2 Å². The van der Waals surface area contributed by atoms with Gasteiger partial charge >= 0.3 is 6.03 Å². The SMILES string of the molecule is CC1CCCCN1C(=O)c1ccc(CN2C(=O)CNC2=O)cc1. The Hall–Kier alpha value is -2.37. The summed E-state index contributed by atoms with van der Waals surface area (Å²) in [5, 5.41) is 2.49. The average molecular weight is 315 g/mol. The largest absolute Gasteiger partial charge is 0.336 e. The molecule has 0 aromatic heterocycles. The first-order valence-corrected chi connectivity index (χ1v) is 8.04. The molecule has 0 saturated carbocycles. The van der Waals surface area contributed by atoms with Crippen molar-refractivity contribution in [1.82, 2.24) is 15.1 Å². The lowest BCUT2D eigenvalue weighted by molar-refractivity contribution is -0.125. The van der Waals surface area contributed by atoms with Crippen LogP contribution >= 0.6 is 0 Å². The predicted molar refractivity (Wildman–Crippen MR) is 84.7 cm³/mol. The van der Waals surface area contributed by atoms with E-state index in [0.29, 0.717) is 5.56 Å². The van der Waals surface area contributed by atoms with E-state index in [9.17, 15) is 14.4 Å². The number of benzene rings is 1. The Balaban J connectivity index is 1.68. The number of nitrogens with one attached hydrogen (secondary N) is 1. The van der Waals surface area contributed by atoms with Crippen molar-refractivity contribution in [3.05, 3.63) is 35.4 Å². The van der Waals surface area contributed by atoms with Crippen LogP contribution in [0.3, 0.4) is 0 Å². The van der Waals surface area contributed by atoms with Gasteiger partial charge in [0.1, 0.15) is 0 Å². The zero-order chi connectivity index (χ0) is 16.4. The minimum atomic E-state index is -0.364. The van der Waals surface area contributed by atoms with Crippen LogP contribution in [0.2, 0.25) is 0 Å². The number of urea groups is 1. The Morgan fingerprint density at radius 2 is 1.96 bits per heavy atom. The van der Waals surface area contributed by atoms with Gasteiger partial charge in [-0.05, 0) is 43.9 Å². The maximum absolute atomic E-state index is 12.6. The zero-order valence-corrected chi connectivity index (χ0v) is 13.2. The van der Waals surface area contributed by atoms with Crippen molar-refractivity contribution in [2.75, 3.05) is 13.1 Å². The molecule has 0 aliphatic carbocycles. The lowest BCUT2D eigenvalue weighted by Gasteiger charge is -2.33. The van der Waals surface area contributed by atoms with Crippen molar-refractivity contribution in [1.29, 1.82) is 0 Å². The Kier molecular flexibility index (Phi) is 4.32. The van der Waals surface area contributed by atoms with E-state index >= 15 is 0 Å². The Labute approximate surface area is 135 Å². The summed E-state index contributed by atoms with van der Waals surface area (Å²) < 4.78 is 0. The summed E-state index contributed by atoms with van der Waals surface area (Å²) in [5.74, 6) is -0.170. The summed E-state index contributed by atoms with van der Waals surface area (Å²) in [5.41, 5.74) is 1.48. The van der Waals surface area contributed by atoms with Crippen molar-refractivity contribution in [3.63, 3.8) is 0 Å². The maximum atomic E-state index is 12.6. The minimum Gasteiger partial charge on any atom is -0.336 e. The molecule has 1 N–H and O–H groups in total. The van der Waals surface area contributed by atoms with Gasteiger partial charge in [-0.2, -0.15) is 0 Å². The summed E-state index contributed by atoms with van der Waals surface area (Å²) in [6.45, 7) is 3.19.